The monoisotopic (exact) mass is 297 g/mol. The Hall–Kier alpha value is -0.980. The predicted molar refractivity (Wildman–Crippen MR) is 82.0 cm³/mol. The highest BCUT2D eigenvalue weighted by atomic mass is 16.5. The number of hydrogen-bond donors (Lipinski definition) is 3. The molecule has 0 saturated heterocycles. The largest absolute Gasteiger partial charge is 0.395 e. The number of aliphatic hydroxyl groups excluding tert-OH is 3. The van der Waals surface area contributed by atoms with Crippen LogP contribution in [-0.4, -0.2) is 65.8 Å². The van der Waals surface area contributed by atoms with E-state index in [0.29, 0.717) is 19.6 Å². The summed E-state index contributed by atoms with van der Waals surface area (Å²) < 4.78 is 5.79. The van der Waals surface area contributed by atoms with Crippen molar-refractivity contribution in [2.75, 3.05) is 39.5 Å². The maximum atomic E-state index is 10.0. The third-order valence-corrected chi connectivity index (χ3v) is 3.33. The maximum Gasteiger partial charge on any atom is 0.0900 e. The molecule has 0 saturated carbocycles. The van der Waals surface area contributed by atoms with Crippen LogP contribution in [0.15, 0.2) is 30.3 Å². The number of ether oxygens (including phenoxy) is 1. The van der Waals surface area contributed by atoms with Crippen molar-refractivity contribution in [3.63, 3.8) is 0 Å². The van der Waals surface area contributed by atoms with Gasteiger partial charge in [-0.2, -0.15) is 0 Å². The van der Waals surface area contributed by atoms with E-state index in [1.165, 1.54) is 0 Å². The molecule has 0 aliphatic carbocycles. The summed E-state index contributed by atoms with van der Waals surface area (Å²) in [6.45, 7) is 3.56. The molecular formula is C16H27NO4. The minimum Gasteiger partial charge on any atom is -0.395 e. The zero-order chi connectivity index (χ0) is 15.5. The molecule has 0 bridgehead atoms. The number of nitrogens with zero attached hydrogens (tertiary/aromatic N) is 1. The third kappa shape index (κ3) is 7.02. The molecule has 0 spiro atoms. The van der Waals surface area contributed by atoms with Gasteiger partial charge in [-0.25, -0.2) is 0 Å². The first-order chi connectivity index (χ1) is 10.2. The van der Waals surface area contributed by atoms with E-state index in [1.54, 1.807) is 0 Å². The van der Waals surface area contributed by atoms with Gasteiger partial charge in [0.05, 0.1) is 32.0 Å². The molecule has 5 nitrogen and oxygen atoms in total. The van der Waals surface area contributed by atoms with Crippen molar-refractivity contribution >= 4 is 0 Å². The molecule has 0 radical (unpaired) electrons. The van der Waals surface area contributed by atoms with Crippen molar-refractivity contribution in [1.29, 1.82) is 0 Å². The Morgan fingerprint density at radius 3 is 2.24 bits per heavy atom. The van der Waals surface area contributed by atoms with E-state index in [1.807, 2.05) is 42.2 Å². The Morgan fingerprint density at radius 2 is 1.71 bits per heavy atom. The zero-order valence-corrected chi connectivity index (χ0v) is 12.7. The Bertz CT molecular complexity index is 355. The summed E-state index contributed by atoms with van der Waals surface area (Å²) in [5.41, 5.74) is 1.11. The van der Waals surface area contributed by atoms with Crippen molar-refractivity contribution in [2.45, 2.75) is 25.6 Å². The molecule has 2 atom stereocenters. The van der Waals surface area contributed by atoms with Crippen LogP contribution in [0.4, 0.5) is 0 Å². The highest BCUT2D eigenvalue weighted by Gasteiger charge is 2.15. The fourth-order valence-corrected chi connectivity index (χ4v) is 2.27. The molecule has 0 aliphatic heterocycles. The number of rotatable bonds is 11. The lowest BCUT2D eigenvalue weighted by Crippen LogP contribution is -2.38. The predicted octanol–water partition coefficient (Wildman–Crippen LogP) is 0.802. The maximum absolute atomic E-state index is 10.0. The van der Waals surface area contributed by atoms with Crippen LogP contribution >= 0.6 is 0 Å². The first-order valence-electron chi connectivity index (χ1n) is 7.49. The van der Waals surface area contributed by atoms with Gasteiger partial charge in [-0.15, -0.1) is 0 Å². The summed E-state index contributed by atoms with van der Waals surface area (Å²) in [5.74, 6) is 0. The highest BCUT2D eigenvalue weighted by molar-refractivity contribution is 5.17. The van der Waals surface area contributed by atoms with E-state index < -0.39 is 6.10 Å². The standard InChI is InChI=1S/C16H27NO4/c1-2-16(14-6-4-3-5-7-14)21-13-15(20)12-17(8-10-18)9-11-19/h3-7,15-16,18-20H,2,8-13H2,1H3/t15-,16-/m0/s1. The molecule has 0 unspecified atom stereocenters. The molecule has 120 valence electrons. The fraction of sp³-hybridized carbons (Fsp3) is 0.625. The SMILES string of the molecule is CC[C@H](OC[C@@H](O)CN(CCO)CCO)c1ccccc1. The quantitative estimate of drug-likeness (QED) is 0.563. The van der Waals surface area contributed by atoms with E-state index >= 15 is 0 Å². The van der Waals surface area contributed by atoms with Crippen LogP contribution in [-0.2, 0) is 4.74 Å². The fourth-order valence-electron chi connectivity index (χ4n) is 2.27. The van der Waals surface area contributed by atoms with Gasteiger partial charge in [-0.1, -0.05) is 37.3 Å². The van der Waals surface area contributed by atoms with Gasteiger partial charge in [0.2, 0.25) is 0 Å². The molecule has 0 amide bonds. The van der Waals surface area contributed by atoms with E-state index in [9.17, 15) is 5.11 Å². The molecule has 0 heterocycles. The second kappa shape index (κ2) is 10.7. The summed E-state index contributed by atoms with van der Waals surface area (Å²) in [5, 5.41) is 27.9. The van der Waals surface area contributed by atoms with Gasteiger partial charge in [0.1, 0.15) is 0 Å². The normalized spacial score (nSPS) is 14.3. The van der Waals surface area contributed by atoms with Crippen LogP contribution in [0, 0.1) is 0 Å². The summed E-state index contributed by atoms with van der Waals surface area (Å²) >= 11 is 0. The van der Waals surface area contributed by atoms with Crippen molar-refractivity contribution in [2.24, 2.45) is 0 Å². The van der Waals surface area contributed by atoms with Crippen molar-refractivity contribution in [1.82, 2.24) is 4.90 Å². The lowest BCUT2D eigenvalue weighted by Gasteiger charge is -2.25. The average Bonchev–Trinajstić information content (AvgIpc) is 2.49. The number of benzene rings is 1. The molecule has 5 heteroatoms. The molecule has 1 aromatic rings. The van der Waals surface area contributed by atoms with Crippen LogP contribution in [0.3, 0.4) is 0 Å². The minimum atomic E-state index is -0.638. The lowest BCUT2D eigenvalue weighted by atomic mass is 10.1. The van der Waals surface area contributed by atoms with Gasteiger partial charge < -0.3 is 20.1 Å². The summed E-state index contributed by atoms with van der Waals surface area (Å²) in [6.07, 6.45) is 0.180. The Kier molecular flexibility index (Phi) is 9.21. The third-order valence-electron chi connectivity index (χ3n) is 3.33. The zero-order valence-electron chi connectivity index (χ0n) is 12.7. The smallest absolute Gasteiger partial charge is 0.0900 e. The van der Waals surface area contributed by atoms with Crippen molar-refractivity contribution < 1.29 is 20.1 Å². The van der Waals surface area contributed by atoms with E-state index in [4.69, 9.17) is 14.9 Å². The van der Waals surface area contributed by atoms with Crippen LogP contribution in [0.2, 0.25) is 0 Å². The Balaban J connectivity index is 2.41. The summed E-state index contributed by atoms with van der Waals surface area (Å²) in [6, 6.07) is 9.95. The molecule has 0 aromatic heterocycles. The second-order valence-corrected chi connectivity index (χ2v) is 5.04. The van der Waals surface area contributed by atoms with Crippen LogP contribution in [0.25, 0.3) is 0 Å². The molecular weight excluding hydrogens is 270 g/mol. The van der Waals surface area contributed by atoms with Crippen LogP contribution in [0.1, 0.15) is 25.0 Å². The number of aliphatic hydroxyl groups is 3. The van der Waals surface area contributed by atoms with Gasteiger partial charge in [-0.05, 0) is 12.0 Å². The van der Waals surface area contributed by atoms with E-state index in [0.717, 1.165) is 12.0 Å². The molecule has 0 fully saturated rings. The number of hydrogen-bond acceptors (Lipinski definition) is 5. The molecule has 21 heavy (non-hydrogen) atoms. The topological polar surface area (TPSA) is 73.2 Å². The van der Waals surface area contributed by atoms with E-state index in [-0.39, 0.29) is 25.9 Å². The summed E-state index contributed by atoms with van der Waals surface area (Å²) in [4.78, 5) is 1.82. The van der Waals surface area contributed by atoms with Gasteiger partial charge in [0.15, 0.2) is 0 Å². The first-order valence-corrected chi connectivity index (χ1v) is 7.49. The molecule has 3 N–H and O–H groups in total. The van der Waals surface area contributed by atoms with Crippen molar-refractivity contribution in [3.8, 4) is 0 Å². The minimum absolute atomic E-state index is 0.00910. The van der Waals surface area contributed by atoms with Gasteiger partial charge in [-0.3, -0.25) is 4.90 Å². The van der Waals surface area contributed by atoms with Gasteiger partial charge in [0.25, 0.3) is 0 Å². The van der Waals surface area contributed by atoms with Gasteiger partial charge in [0, 0.05) is 19.6 Å². The van der Waals surface area contributed by atoms with Crippen LogP contribution in [0.5, 0.6) is 0 Å². The van der Waals surface area contributed by atoms with Gasteiger partial charge >= 0.3 is 0 Å². The molecule has 0 aliphatic rings. The second-order valence-electron chi connectivity index (χ2n) is 5.04. The molecule has 1 rings (SSSR count). The highest BCUT2D eigenvalue weighted by Crippen LogP contribution is 2.20. The van der Waals surface area contributed by atoms with Crippen LogP contribution < -0.4 is 0 Å². The van der Waals surface area contributed by atoms with E-state index in [2.05, 4.69) is 0 Å². The summed E-state index contributed by atoms with van der Waals surface area (Å²) in [7, 11) is 0. The first kappa shape index (κ1) is 18.1. The lowest BCUT2D eigenvalue weighted by molar-refractivity contribution is -0.0260. The average molecular weight is 297 g/mol. The Labute approximate surface area is 126 Å². The molecule has 1 aromatic carbocycles. The Morgan fingerprint density at radius 1 is 1.10 bits per heavy atom. The van der Waals surface area contributed by atoms with Crippen molar-refractivity contribution in [3.05, 3.63) is 35.9 Å².